The minimum Gasteiger partial charge on any atom is -0.479 e. The second-order valence-corrected chi connectivity index (χ2v) is 12.5. The molecular formula is C26H53O6PS. The van der Waals surface area contributed by atoms with Gasteiger partial charge in [0.1, 0.15) is 0 Å². The highest BCUT2D eigenvalue weighted by Gasteiger charge is 2.42. The Morgan fingerprint density at radius 1 is 0.824 bits per heavy atom. The molecule has 0 saturated heterocycles. The SMILES string of the molecule is CCCCCCCCCCCCSC(CCCCCC)C(C)OP(=O)(O)C(OCCC)C(=O)O. The number of thioether (sulfide) groups is 1. The Bertz CT molecular complexity index is 533. The Balaban J connectivity index is 4.55. The summed E-state index contributed by atoms with van der Waals surface area (Å²) in [6.07, 6.45) is 18.4. The maximum absolute atomic E-state index is 12.7. The summed E-state index contributed by atoms with van der Waals surface area (Å²) in [5, 5.41) is 9.43. The van der Waals surface area contributed by atoms with Crippen molar-refractivity contribution in [3.8, 4) is 0 Å². The summed E-state index contributed by atoms with van der Waals surface area (Å²) in [7, 11) is -4.45. The number of hydrogen-bond acceptors (Lipinski definition) is 5. The molecule has 0 radical (unpaired) electrons. The van der Waals surface area contributed by atoms with Gasteiger partial charge in [-0.3, -0.25) is 4.57 Å². The average molecular weight is 525 g/mol. The molecule has 0 aliphatic rings. The number of carbonyl (C=O) groups is 1. The Morgan fingerprint density at radius 2 is 1.32 bits per heavy atom. The first-order chi connectivity index (χ1) is 16.3. The quantitative estimate of drug-likeness (QED) is 0.0914. The van der Waals surface area contributed by atoms with Crippen molar-refractivity contribution in [2.45, 2.75) is 148 Å². The van der Waals surface area contributed by atoms with Crippen LogP contribution in [0.15, 0.2) is 0 Å². The first-order valence-corrected chi connectivity index (χ1v) is 16.5. The van der Waals surface area contributed by atoms with Gasteiger partial charge >= 0.3 is 13.6 Å². The van der Waals surface area contributed by atoms with Crippen molar-refractivity contribution in [2.24, 2.45) is 0 Å². The van der Waals surface area contributed by atoms with Gasteiger partial charge in [-0.25, -0.2) is 4.79 Å². The lowest BCUT2D eigenvalue weighted by Crippen LogP contribution is -2.30. The average Bonchev–Trinajstić information content (AvgIpc) is 2.78. The molecule has 2 N–H and O–H groups in total. The molecule has 0 aromatic rings. The minimum atomic E-state index is -4.45. The van der Waals surface area contributed by atoms with Gasteiger partial charge in [-0.05, 0) is 31.9 Å². The summed E-state index contributed by atoms with van der Waals surface area (Å²) < 4.78 is 23.4. The number of hydrogen-bond donors (Lipinski definition) is 2. The molecule has 0 aliphatic carbocycles. The Kier molecular flexibility index (Phi) is 22.1. The largest absolute Gasteiger partial charge is 0.479 e. The summed E-state index contributed by atoms with van der Waals surface area (Å²) in [6.45, 7) is 8.14. The highest BCUT2D eigenvalue weighted by Crippen LogP contribution is 2.50. The molecule has 204 valence electrons. The zero-order chi connectivity index (χ0) is 25.7. The molecule has 0 fully saturated rings. The van der Waals surface area contributed by atoms with Crippen molar-refractivity contribution >= 4 is 25.3 Å². The van der Waals surface area contributed by atoms with Crippen LogP contribution in [0, 0.1) is 0 Å². The molecule has 0 spiro atoms. The second-order valence-electron chi connectivity index (χ2n) is 9.38. The van der Waals surface area contributed by atoms with Gasteiger partial charge in [0.05, 0.1) is 6.10 Å². The van der Waals surface area contributed by atoms with E-state index in [0.29, 0.717) is 6.42 Å². The predicted octanol–water partition coefficient (Wildman–Crippen LogP) is 8.41. The van der Waals surface area contributed by atoms with Crippen LogP contribution in [0.1, 0.15) is 130 Å². The van der Waals surface area contributed by atoms with E-state index in [2.05, 4.69) is 13.8 Å². The molecular weight excluding hydrogens is 471 g/mol. The van der Waals surface area contributed by atoms with E-state index in [-0.39, 0.29) is 11.9 Å². The van der Waals surface area contributed by atoms with Crippen LogP contribution < -0.4 is 0 Å². The van der Waals surface area contributed by atoms with Crippen molar-refractivity contribution in [3.63, 3.8) is 0 Å². The van der Waals surface area contributed by atoms with Gasteiger partial charge < -0.3 is 19.3 Å². The molecule has 0 bridgehead atoms. The summed E-state index contributed by atoms with van der Waals surface area (Å²) in [6, 6.07) is 0. The molecule has 0 rings (SSSR count). The number of ether oxygens (including phenoxy) is 1. The van der Waals surface area contributed by atoms with Crippen LogP contribution in [0.25, 0.3) is 0 Å². The molecule has 4 unspecified atom stereocenters. The first-order valence-electron chi connectivity index (χ1n) is 13.8. The summed E-state index contributed by atoms with van der Waals surface area (Å²) in [5.41, 5.74) is 0. The topological polar surface area (TPSA) is 93.1 Å². The minimum absolute atomic E-state index is 0.0662. The van der Waals surface area contributed by atoms with Crippen LogP contribution in [-0.4, -0.2) is 45.5 Å². The molecule has 0 saturated carbocycles. The lowest BCUT2D eigenvalue weighted by atomic mass is 10.1. The summed E-state index contributed by atoms with van der Waals surface area (Å²) in [5.74, 6) is -2.29. The van der Waals surface area contributed by atoms with E-state index in [1.165, 1.54) is 64.2 Å². The van der Waals surface area contributed by atoms with Crippen LogP contribution in [0.5, 0.6) is 0 Å². The van der Waals surface area contributed by atoms with Gasteiger partial charge in [-0.15, -0.1) is 0 Å². The van der Waals surface area contributed by atoms with Gasteiger partial charge in [0.2, 0.25) is 0 Å². The highest BCUT2D eigenvalue weighted by atomic mass is 32.2. The maximum atomic E-state index is 12.7. The number of carboxylic acid groups (broad SMARTS) is 1. The summed E-state index contributed by atoms with van der Waals surface area (Å²) >= 11 is 1.80. The van der Waals surface area contributed by atoms with Crippen LogP contribution >= 0.6 is 19.4 Å². The normalized spacial score (nSPS) is 16.1. The molecule has 34 heavy (non-hydrogen) atoms. The fraction of sp³-hybridized carbons (Fsp3) is 0.962. The molecule has 0 aromatic heterocycles. The maximum Gasteiger partial charge on any atom is 0.368 e. The monoisotopic (exact) mass is 524 g/mol. The Morgan fingerprint density at radius 3 is 1.82 bits per heavy atom. The van der Waals surface area contributed by atoms with Crippen LogP contribution in [-0.2, 0) is 18.6 Å². The van der Waals surface area contributed by atoms with Crippen molar-refractivity contribution in [1.29, 1.82) is 0 Å². The molecule has 6 nitrogen and oxygen atoms in total. The molecule has 8 heteroatoms. The van der Waals surface area contributed by atoms with Crippen LogP contribution in [0.3, 0.4) is 0 Å². The number of aliphatic carboxylic acids is 1. The second kappa shape index (κ2) is 22.2. The third-order valence-electron chi connectivity index (χ3n) is 6.00. The number of carboxylic acids is 1. The fourth-order valence-corrected chi connectivity index (χ4v) is 6.67. The number of unbranched alkanes of at least 4 members (excludes halogenated alkanes) is 12. The standard InChI is InChI=1S/C26H53O6PS/c1-5-8-10-12-13-14-15-16-17-19-22-34-24(20-18-11-9-6-2)23(4)32-33(29,30)26(25(27)28)31-21-7-3/h23-24,26H,5-22H2,1-4H3,(H,27,28)(H,29,30). The van der Waals surface area contributed by atoms with E-state index in [0.717, 1.165) is 37.9 Å². The smallest absolute Gasteiger partial charge is 0.368 e. The van der Waals surface area contributed by atoms with E-state index >= 15 is 0 Å². The molecule has 4 atom stereocenters. The first kappa shape index (κ1) is 33.9. The van der Waals surface area contributed by atoms with E-state index in [9.17, 15) is 19.4 Å². The zero-order valence-electron chi connectivity index (χ0n) is 22.3. The van der Waals surface area contributed by atoms with Crippen LogP contribution in [0.2, 0.25) is 0 Å². The van der Waals surface area contributed by atoms with Crippen molar-refractivity contribution in [1.82, 2.24) is 0 Å². The van der Waals surface area contributed by atoms with Gasteiger partial charge in [-0.2, -0.15) is 11.8 Å². The molecule has 0 aromatic carbocycles. The van der Waals surface area contributed by atoms with Gasteiger partial charge in [0.25, 0.3) is 5.85 Å². The third-order valence-corrected chi connectivity index (χ3v) is 9.17. The highest BCUT2D eigenvalue weighted by molar-refractivity contribution is 7.99. The molecule has 0 amide bonds. The van der Waals surface area contributed by atoms with Crippen molar-refractivity contribution in [2.75, 3.05) is 12.4 Å². The van der Waals surface area contributed by atoms with Gasteiger partial charge in [0, 0.05) is 11.9 Å². The van der Waals surface area contributed by atoms with E-state index in [1.807, 2.05) is 6.92 Å². The molecule has 0 heterocycles. The fourth-order valence-electron chi connectivity index (χ4n) is 3.95. The van der Waals surface area contributed by atoms with Crippen molar-refractivity contribution < 1.29 is 28.6 Å². The lowest BCUT2D eigenvalue weighted by Gasteiger charge is -2.28. The number of rotatable bonds is 25. The van der Waals surface area contributed by atoms with Crippen LogP contribution in [0.4, 0.5) is 0 Å². The van der Waals surface area contributed by atoms with E-state index in [4.69, 9.17) is 9.26 Å². The van der Waals surface area contributed by atoms with Gasteiger partial charge in [0.15, 0.2) is 0 Å². The van der Waals surface area contributed by atoms with Crippen molar-refractivity contribution in [3.05, 3.63) is 0 Å². The lowest BCUT2D eigenvalue weighted by molar-refractivity contribution is -0.146. The predicted molar refractivity (Wildman–Crippen MR) is 145 cm³/mol. The third kappa shape index (κ3) is 17.4. The summed E-state index contributed by atoms with van der Waals surface area (Å²) in [4.78, 5) is 21.9. The van der Waals surface area contributed by atoms with E-state index < -0.39 is 25.5 Å². The Hall–Kier alpha value is -0.0700. The van der Waals surface area contributed by atoms with Gasteiger partial charge in [-0.1, -0.05) is 104 Å². The molecule has 0 aliphatic heterocycles. The Labute approximate surface area is 213 Å². The zero-order valence-corrected chi connectivity index (χ0v) is 24.1. The van der Waals surface area contributed by atoms with E-state index in [1.54, 1.807) is 18.7 Å².